The normalized spacial score (nSPS) is 15.2. The van der Waals surface area contributed by atoms with Crippen LogP contribution in [0.2, 0.25) is 0 Å². The van der Waals surface area contributed by atoms with E-state index in [0.717, 1.165) is 30.8 Å². The summed E-state index contributed by atoms with van der Waals surface area (Å²) in [6.45, 7) is 8.15. The molecule has 0 aromatic heterocycles. The average molecular weight is 380 g/mol. The molecular formula is C23H29N3O2. The lowest BCUT2D eigenvalue weighted by molar-refractivity contribution is -0.125. The van der Waals surface area contributed by atoms with Crippen molar-refractivity contribution in [3.8, 4) is 0 Å². The van der Waals surface area contributed by atoms with Crippen molar-refractivity contribution in [3.05, 3.63) is 59.7 Å². The number of hydrogen-bond donors (Lipinski definition) is 1. The summed E-state index contributed by atoms with van der Waals surface area (Å²) in [7, 11) is 0. The molecule has 1 N–H and O–H groups in total. The van der Waals surface area contributed by atoms with Crippen LogP contribution in [0.15, 0.2) is 48.5 Å². The predicted octanol–water partition coefficient (Wildman–Crippen LogP) is 3.31. The molecule has 3 rings (SSSR count). The van der Waals surface area contributed by atoms with Crippen LogP contribution in [0, 0.1) is 6.92 Å². The molecule has 0 saturated carbocycles. The number of carbonyl (C=O) groups is 2. The Balaban J connectivity index is 1.54. The lowest BCUT2D eigenvalue weighted by atomic mass is 10.1. The zero-order valence-corrected chi connectivity index (χ0v) is 16.9. The molecule has 0 bridgehead atoms. The van der Waals surface area contributed by atoms with Crippen LogP contribution >= 0.6 is 0 Å². The fourth-order valence-electron chi connectivity index (χ4n) is 3.88. The summed E-state index contributed by atoms with van der Waals surface area (Å²) in [5.74, 6) is -0.174. The molecule has 2 amide bonds. The van der Waals surface area contributed by atoms with Crippen molar-refractivity contribution in [1.29, 1.82) is 0 Å². The number of aryl methyl sites for hydroxylation is 1. The van der Waals surface area contributed by atoms with E-state index >= 15 is 0 Å². The number of rotatable bonds is 7. The summed E-state index contributed by atoms with van der Waals surface area (Å²) in [6, 6.07) is 15.8. The minimum absolute atomic E-state index is 0.0787. The molecule has 28 heavy (non-hydrogen) atoms. The molecule has 0 unspecified atom stereocenters. The number of carbonyl (C=O) groups excluding carboxylic acids is 2. The number of anilines is 2. The molecule has 0 aliphatic carbocycles. The van der Waals surface area contributed by atoms with E-state index in [1.807, 2.05) is 24.3 Å². The summed E-state index contributed by atoms with van der Waals surface area (Å²) >= 11 is 0. The van der Waals surface area contributed by atoms with Gasteiger partial charge in [0.15, 0.2) is 0 Å². The van der Waals surface area contributed by atoms with Crippen LogP contribution in [-0.4, -0.2) is 37.5 Å². The van der Waals surface area contributed by atoms with Gasteiger partial charge in [0.2, 0.25) is 11.8 Å². The molecule has 2 aromatic rings. The number of fused-ring (bicyclic) bond motifs is 1. The molecule has 148 valence electrons. The standard InChI is InChI=1S/C23H29N3O2/c1-4-25(20-11-7-9-17(2)15-20)14-8-13-24-23(28)22-16-19-10-5-6-12-21(19)26(22)18(3)27/h5-7,9-12,15,22H,4,8,13-14,16H2,1-3H3,(H,24,28)/t22-/m1/s1. The molecule has 0 saturated heterocycles. The molecule has 1 atom stereocenters. The van der Waals surface area contributed by atoms with Crippen LogP contribution in [0.25, 0.3) is 0 Å². The van der Waals surface area contributed by atoms with Gasteiger partial charge in [-0.15, -0.1) is 0 Å². The van der Waals surface area contributed by atoms with Gasteiger partial charge < -0.3 is 10.2 Å². The monoisotopic (exact) mass is 379 g/mol. The van der Waals surface area contributed by atoms with Crippen LogP contribution in [-0.2, 0) is 16.0 Å². The zero-order chi connectivity index (χ0) is 20.1. The minimum atomic E-state index is -0.450. The number of nitrogens with one attached hydrogen (secondary N) is 1. The first kappa shape index (κ1) is 19.9. The van der Waals surface area contributed by atoms with E-state index < -0.39 is 6.04 Å². The van der Waals surface area contributed by atoms with Gasteiger partial charge in [-0.05, 0) is 49.6 Å². The van der Waals surface area contributed by atoms with Gasteiger partial charge in [0.05, 0.1) is 0 Å². The molecule has 0 spiro atoms. The summed E-state index contributed by atoms with van der Waals surface area (Å²) in [4.78, 5) is 28.8. The van der Waals surface area contributed by atoms with Crippen molar-refractivity contribution >= 4 is 23.2 Å². The smallest absolute Gasteiger partial charge is 0.243 e. The van der Waals surface area contributed by atoms with Gasteiger partial charge in [0, 0.05) is 44.4 Å². The zero-order valence-electron chi connectivity index (χ0n) is 16.9. The minimum Gasteiger partial charge on any atom is -0.372 e. The Labute approximate surface area is 167 Å². The van der Waals surface area contributed by atoms with Gasteiger partial charge in [-0.2, -0.15) is 0 Å². The third-order valence-corrected chi connectivity index (χ3v) is 5.27. The molecule has 0 radical (unpaired) electrons. The third kappa shape index (κ3) is 4.35. The number of para-hydroxylation sites is 1. The van der Waals surface area contributed by atoms with Gasteiger partial charge in [0.25, 0.3) is 0 Å². The van der Waals surface area contributed by atoms with E-state index in [-0.39, 0.29) is 11.8 Å². The Bertz CT molecular complexity index is 849. The molecule has 5 heteroatoms. The first-order valence-corrected chi connectivity index (χ1v) is 9.98. The van der Waals surface area contributed by atoms with Crippen LogP contribution in [0.1, 0.15) is 31.4 Å². The number of hydrogen-bond acceptors (Lipinski definition) is 3. The highest BCUT2D eigenvalue weighted by molar-refractivity contribution is 6.02. The first-order valence-electron chi connectivity index (χ1n) is 9.98. The summed E-state index contributed by atoms with van der Waals surface area (Å²) in [6.07, 6.45) is 1.43. The maximum atomic E-state index is 12.7. The molecular weight excluding hydrogens is 350 g/mol. The summed E-state index contributed by atoms with van der Waals surface area (Å²) in [5, 5.41) is 3.03. The number of amides is 2. The van der Waals surface area contributed by atoms with Gasteiger partial charge in [0.1, 0.15) is 6.04 Å². The fourth-order valence-corrected chi connectivity index (χ4v) is 3.88. The largest absolute Gasteiger partial charge is 0.372 e. The maximum Gasteiger partial charge on any atom is 0.243 e. The molecule has 1 aliphatic heterocycles. The van der Waals surface area contributed by atoms with E-state index in [1.165, 1.54) is 18.2 Å². The molecule has 1 aliphatic rings. The van der Waals surface area contributed by atoms with Crippen LogP contribution in [0.5, 0.6) is 0 Å². The molecule has 2 aromatic carbocycles. The van der Waals surface area contributed by atoms with Crippen molar-refractivity contribution in [2.45, 2.75) is 39.7 Å². The van der Waals surface area contributed by atoms with E-state index in [9.17, 15) is 9.59 Å². The second-order valence-electron chi connectivity index (χ2n) is 7.30. The Morgan fingerprint density at radius 1 is 1.18 bits per heavy atom. The SMILES string of the molecule is CCN(CCCNC(=O)[C@H]1Cc2ccccc2N1C(C)=O)c1cccc(C)c1. The topological polar surface area (TPSA) is 52.7 Å². The lowest BCUT2D eigenvalue weighted by Crippen LogP contribution is -2.47. The Morgan fingerprint density at radius 2 is 1.96 bits per heavy atom. The van der Waals surface area contributed by atoms with Gasteiger partial charge in [-0.25, -0.2) is 0 Å². The highest BCUT2D eigenvalue weighted by atomic mass is 16.2. The predicted molar refractivity (Wildman–Crippen MR) is 114 cm³/mol. The highest BCUT2D eigenvalue weighted by Crippen LogP contribution is 2.32. The highest BCUT2D eigenvalue weighted by Gasteiger charge is 2.36. The second kappa shape index (κ2) is 8.91. The van der Waals surface area contributed by atoms with Crippen LogP contribution in [0.3, 0.4) is 0 Å². The van der Waals surface area contributed by atoms with Crippen molar-refractivity contribution in [2.75, 3.05) is 29.4 Å². The van der Waals surface area contributed by atoms with Gasteiger partial charge >= 0.3 is 0 Å². The summed E-state index contributed by atoms with van der Waals surface area (Å²) in [5.41, 5.74) is 4.36. The average Bonchev–Trinajstić information content (AvgIpc) is 3.08. The number of nitrogens with zero attached hydrogens (tertiary/aromatic N) is 2. The van der Waals surface area contributed by atoms with E-state index in [4.69, 9.17) is 0 Å². The van der Waals surface area contributed by atoms with Crippen LogP contribution in [0.4, 0.5) is 11.4 Å². The molecule has 1 heterocycles. The van der Waals surface area contributed by atoms with Crippen LogP contribution < -0.4 is 15.1 Å². The van der Waals surface area contributed by atoms with Gasteiger partial charge in [-0.3, -0.25) is 14.5 Å². The fraction of sp³-hybridized carbons (Fsp3) is 0.391. The van der Waals surface area contributed by atoms with Crippen molar-refractivity contribution in [1.82, 2.24) is 5.32 Å². The number of benzene rings is 2. The lowest BCUT2D eigenvalue weighted by Gasteiger charge is -2.25. The second-order valence-corrected chi connectivity index (χ2v) is 7.30. The quantitative estimate of drug-likeness (QED) is 0.751. The summed E-state index contributed by atoms with van der Waals surface area (Å²) < 4.78 is 0. The molecule has 5 nitrogen and oxygen atoms in total. The Kier molecular flexibility index (Phi) is 6.34. The van der Waals surface area contributed by atoms with E-state index in [0.29, 0.717) is 13.0 Å². The van der Waals surface area contributed by atoms with E-state index in [2.05, 4.69) is 48.3 Å². The maximum absolute atomic E-state index is 12.7. The Hall–Kier alpha value is -2.82. The first-order chi connectivity index (χ1) is 13.5. The van der Waals surface area contributed by atoms with Crippen molar-refractivity contribution in [3.63, 3.8) is 0 Å². The van der Waals surface area contributed by atoms with Crippen molar-refractivity contribution < 1.29 is 9.59 Å². The molecule has 0 fully saturated rings. The Morgan fingerprint density at radius 3 is 2.68 bits per heavy atom. The van der Waals surface area contributed by atoms with Crippen molar-refractivity contribution in [2.24, 2.45) is 0 Å². The third-order valence-electron chi connectivity index (χ3n) is 5.27. The van der Waals surface area contributed by atoms with E-state index in [1.54, 1.807) is 4.90 Å². The van der Waals surface area contributed by atoms with Gasteiger partial charge in [-0.1, -0.05) is 30.3 Å².